The number of pyridine rings is 1. The van der Waals surface area contributed by atoms with Crippen molar-refractivity contribution in [2.75, 3.05) is 5.73 Å². The second-order valence-electron chi connectivity index (χ2n) is 5.62. The minimum absolute atomic E-state index is 0.0359. The summed E-state index contributed by atoms with van der Waals surface area (Å²) >= 11 is 3.35. The van der Waals surface area contributed by atoms with Gasteiger partial charge in [-0.25, -0.2) is 9.78 Å². The number of benzene rings is 1. The number of amides is 1. The molecule has 23 heavy (non-hydrogen) atoms. The number of aryl methyl sites for hydroxylation is 1. The number of carbonyl (C=O) groups excluding carboxylic acids is 1. The molecular weight excluding hydrogens is 358 g/mol. The third kappa shape index (κ3) is 4.01. The van der Waals surface area contributed by atoms with Crippen LogP contribution in [0.4, 0.5) is 10.5 Å². The Morgan fingerprint density at radius 3 is 2.96 bits per heavy atom. The van der Waals surface area contributed by atoms with Crippen molar-refractivity contribution in [1.82, 2.24) is 10.3 Å². The summed E-state index contributed by atoms with van der Waals surface area (Å²) in [5.74, 6) is 0. The summed E-state index contributed by atoms with van der Waals surface area (Å²) in [7, 11) is 0. The number of ether oxygens (including phenoxy) is 1. The maximum absolute atomic E-state index is 11.9. The predicted octanol–water partition coefficient (Wildman–Crippen LogP) is 3.21. The van der Waals surface area contributed by atoms with Gasteiger partial charge in [0.1, 0.15) is 11.2 Å². The summed E-state index contributed by atoms with van der Waals surface area (Å²) < 4.78 is 5.92. The predicted molar refractivity (Wildman–Crippen MR) is 91.9 cm³/mol. The first-order valence-electron chi connectivity index (χ1n) is 7.53. The number of nitrogens with one attached hydrogen (secondary N) is 1. The quantitative estimate of drug-likeness (QED) is 0.807. The number of carbonyl (C=O) groups is 1. The summed E-state index contributed by atoms with van der Waals surface area (Å²) in [5.41, 5.74) is 9.61. The van der Waals surface area contributed by atoms with Crippen molar-refractivity contribution >= 4 is 27.7 Å². The Bertz CT molecular complexity index is 706. The van der Waals surface area contributed by atoms with Crippen LogP contribution in [-0.2, 0) is 24.2 Å². The number of aromatic nitrogens is 1. The molecule has 1 unspecified atom stereocenters. The molecule has 1 aromatic carbocycles. The van der Waals surface area contributed by atoms with E-state index in [-0.39, 0.29) is 12.6 Å². The van der Waals surface area contributed by atoms with Gasteiger partial charge < -0.3 is 15.8 Å². The molecule has 3 N–H and O–H groups in total. The highest BCUT2D eigenvalue weighted by Crippen LogP contribution is 2.26. The number of hydrogen-bond donors (Lipinski definition) is 2. The van der Waals surface area contributed by atoms with Crippen LogP contribution in [0, 0.1) is 0 Å². The second kappa shape index (κ2) is 7.00. The molecule has 3 rings (SSSR count). The van der Waals surface area contributed by atoms with E-state index >= 15 is 0 Å². The molecular formula is C17H18BrN3O2. The third-order valence-corrected chi connectivity index (χ3v) is 4.54. The van der Waals surface area contributed by atoms with Gasteiger partial charge in [-0.2, -0.15) is 0 Å². The zero-order valence-electron chi connectivity index (χ0n) is 12.6. The van der Waals surface area contributed by atoms with Crippen molar-refractivity contribution in [3.05, 3.63) is 57.8 Å². The standard InChI is InChI=1S/C17H18BrN3O2/c18-16-14(19)8-12-6-7-13(9-15(12)21-16)20-17(22)23-10-11-4-2-1-3-5-11/h1-5,8,13H,6-7,9-10,19H2,(H,20,22). The molecule has 0 fully saturated rings. The fourth-order valence-electron chi connectivity index (χ4n) is 2.70. The molecule has 1 heterocycles. The summed E-state index contributed by atoms with van der Waals surface area (Å²) in [5, 5.41) is 2.92. The van der Waals surface area contributed by atoms with E-state index in [9.17, 15) is 4.79 Å². The first kappa shape index (κ1) is 15.8. The van der Waals surface area contributed by atoms with Crippen molar-refractivity contribution < 1.29 is 9.53 Å². The van der Waals surface area contributed by atoms with Gasteiger partial charge in [-0.1, -0.05) is 30.3 Å². The average Bonchev–Trinajstić information content (AvgIpc) is 2.55. The Morgan fingerprint density at radius 1 is 1.39 bits per heavy atom. The zero-order chi connectivity index (χ0) is 16.2. The number of fused-ring (bicyclic) bond motifs is 1. The summed E-state index contributed by atoms with van der Waals surface area (Å²) in [4.78, 5) is 16.4. The Labute approximate surface area is 143 Å². The van der Waals surface area contributed by atoms with Crippen molar-refractivity contribution in [2.24, 2.45) is 0 Å². The van der Waals surface area contributed by atoms with Crippen LogP contribution in [0.5, 0.6) is 0 Å². The van der Waals surface area contributed by atoms with Crippen molar-refractivity contribution in [2.45, 2.75) is 31.9 Å². The lowest BCUT2D eigenvalue weighted by molar-refractivity contribution is 0.134. The number of nitrogens with zero attached hydrogens (tertiary/aromatic N) is 1. The van der Waals surface area contributed by atoms with E-state index in [4.69, 9.17) is 10.5 Å². The number of nitrogens with two attached hydrogens (primary N) is 1. The van der Waals surface area contributed by atoms with E-state index in [1.807, 2.05) is 36.4 Å². The summed E-state index contributed by atoms with van der Waals surface area (Å²) in [6.07, 6.45) is 2.01. The molecule has 1 aliphatic carbocycles. The van der Waals surface area contributed by atoms with Gasteiger partial charge in [0.05, 0.1) is 5.69 Å². The van der Waals surface area contributed by atoms with Gasteiger partial charge in [0.15, 0.2) is 0 Å². The molecule has 1 amide bonds. The highest BCUT2D eigenvalue weighted by Gasteiger charge is 2.22. The van der Waals surface area contributed by atoms with Crippen LogP contribution in [0.1, 0.15) is 23.2 Å². The SMILES string of the molecule is Nc1cc2c(nc1Br)CC(NC(=O)OCc1ccccc1)CC2. The van der Waals surface area contributed by atoms with E-state index in [2.05, 4.69) is 26.2 Å². The molecule has 1 atom stereocenters. The minimum Gasteiger partial charge on any atom is -0.445 e. The van der Waals surface area contributed by atoms with Crippen molar-refractivity contribution in [1.29, 1.82) is 0 Å². The molecule has 0 bridgehead atoms. The van der Waals surface area contributed by atoms with Gasteiger partial charge in [-0.05, 0) is 46.0 Å². The normalized spacial score (nSPS) is 16.5. The molecule has 0 saturated carbocycles. The van der Waals surface area contributed by atoms with Gasteiger partial charge in [0.25, 0.3) is 0 Å². The van der Waals surface area contributed by atoms with E-state index in [0.717, 1.165) is 29.7 Å². The van der Waals surface area contributed by atoms with Gasteiger partial charge in [-0.3, -0.25) is 0 Å². The third-order valence-electron chi connectivity index (χ3n) is 3.91. The van der Waals surface area contributed by atoms with Crippen LogP contribution in [0.2, 0.25) is 0 Å². The van der Waals surface area contributed by atoms with Gasteiger partial charge in [-0.15, -0.1) is 0 Å². The lowest BCUT2D eigenvalue weighted by Gasteiger charge is -2.25. The Balaban J connectivity index is 1.55. The Hall–Kier alpha value is -2.08. The second-order valence-corrected chi connectivity index (χ2v) is 6.37. The molecule has 1 aromatic heterocycles. The molecule has 120 valence electrons. The Kier molecular flexibility index (Phi) is 4.81. The molecule has 0 spiro atoms. The van der Waals surface area contributed by atoms with E-state index in [1.54, 1.807) is 0 Å². The zero-order valence-corrected chi connectivity index (χ0v) is 14.2. The number of alkyl carbamates (subject to hydrolysis) is 1. The Morgan fingerprint density at radius 2 is 2.17 bits per heavy atom. The van der Waals surface area contributed by atoms with Crippen LogP contribution in [0.25, 0.3) is 0 Å². The summed E-state index contributed by atoms with van der Waals surface area (Å²) in [6, 6.07) is 11.6. The maximum atomic E-state index is 11.9. The number of anilines is 1. The molecule has 0 aliphatic heterocycles. The van der Waals surface area contributed by atoms with E-state index in [0.29, 0.717) is 16.7 Å². The van der Waals surface area contributed by atoms with E-state index in [1.165, 1.54) is 0 Å². The molecule has 2 aromatic rings. The maximum Gasteiger partial charge on any atom is 0.407 e. The van der Waals surface area contributed by atoms with Crippen LogP contribution >= 0.6 is 15.9 Å². The smallest absolute Gasteiger partial charge is 0.407 e. The van der Waals surface area contributed by atoms with Crippen LogP contribution in [-0.4, -0.2) is 17.1 Å². The van der Waals surface area contributed by atoms with Crippen LogP contribution in [0.3, 0.4) is 0 Å². The van der Waals surface area contributed by atoms with Crippen LogP contribution in [0.15, 0.2) is 41.0 Å². The van der Waals surface area contributed by atoms with Crippen molar-refractivity contribution in [3.8, 4) is 0 Å². The summed E-state index contributed by atoms with van der Waals surface area (Å²) in [6.45, 7) is 0.274. The lowest BCUT2D eigenvalue weighted by atomic mass is 9.92. The monoisotopic (exact) mass is 375 g/mol. The van der Waals surface area contributed by atoms with Gasteiger partial charge in [0, 0.05) is 18.2 Å². The largest absolute Gasteiger partial charge is 0.445 e. The highest BCUT2D eigenvalue weighted by molar-refractivity contribution is 9.10. The van der Waals surface area contributed by atoms with E-state index < -0.39 is 6.09 Å². The number of rotatable bonds is 3. The number of nitrogen functional groups attached to an aromatic ring is 1. The minimum atomic E-state index is -0.392. The first-order chi connectivity index (χ1) is 11.1. The average molecular weight is 376 g/mol. The molecule has 0 radical (unpaired) electrons. The number of hydrogen-bond acceptors (Lipinski definition) is 4. The lowest BCUT2D eigenvalue weighted by Crippen LogP contribution is -2.39. The molecule has 1 aliphatic rings. The first-order valence-corrected chi connectivity index (χ1v) is 8.32. The van der Waals surface area contributed by atoms with Crippen molar-refractivity contribution in [3.63, 3.8) is 0 Å². The van der Waals surface area contributed by atoms with Crippen LogP contribution < -0.4 is 11.1 Å². The fourth-order valence-corrected chi connectivity index (χ4v) is 3.03. The molecule has 6 heteroatoms. The van der Waals surface area contributed by atoms with Gasteiger partial charge >= 0.3 is 6.09 Å². The highest BCUT2D eigenvalue weighted by atomic mass is 79.9. The topological polar surface area (TPSA) is 77.2 Å². The molecule has 5 nitrogen and oxygen atoms in total. The number of halogens is 1. The van der Waals surface area contributed by atoms with Gasteiger partial charge in [0.2, 0.25) is 0 Å². The molecule has 0 saturated heterocycles. The fraction of sp³-hybridized carbons (Fsp3) is 0.294.